The largest absolute Gasteiger partial charge is 0.492 e. The zero-order chi connectivity index (χ0) is 30.8. The lowest BCUT2D eigenvalue weighted by atomic mass is 9.39. The highest BCUT2D eigenvalue weighted by molar-refractivity contribution is 6.29. The highest BCUT2D eigenvalue weighted by Gasteiger charge is 2.82. The molecular weight excluding hydrogens is 552 g/mol. The molecule has 0 aromatic heterocycles. The third-order valence-corrected chi connectivity index (χ3v) is 9.54. The Balaban J connectivity index is 1.57. The number of allylic oxidation sites excluding steroid dienone is 1. The van der Waals surface area contributed by atoms with E-state index < -0.39 is 64.1 Å². The Morgan fingerprint density at radius 3 is 1.53 bits per heavy atom. The van der Waals surface area contributed by atoms with Gasteiger partial charge in [-0.3, -0.25) is 24.0 Å². The average Bonchev–Trinajstić information content (AvgIpc) is 3.41. The summed E-state index contributed by atoms with van der Waals surface area (Å²) in [5, 5.41) is 0. The Morgan fingerprint density at radius 1 is 0.698 bits per heavy atom. The summed E-state index contributed by atoms with van der Waals surface area (Å²) in [5.74, 6) is -7.17. The molecular formula is C33H34N2O8. The van der Waals surface area contributed by atoms with E-state index in [1.165, 1.54) is 0 Å². The summed E-state index contributed by atoms with van der Waals surface area (Å²) < 4.78 is 17.1. The van der Waals surface area contributed by atoms with Crippen molar-refractivity contribution < 1.29 is 38.2 Å². The predicted octanol–water partition coefficient (Wildman–Crippen LogP) is 3.92. The normalized spacial score (nSPS) is 30.8. The van der Waals surface area contributed by atoms with Gasteiger partial charge in [-0.15, -0.1) is 0 Å². The summed E-state index contributed by atoms with van der Waals surface area (Å²) in [7, 11) is 0. The number of carbonyl (C=O) groups is 5. The molecule has 10 nitrogen and oxygen atoms in total. The van der Waals surface area contributed by atoms with E-state index in [1.807, 2.05) is 0 Å². The zero-order valence-corrected chi connectivity index (χ0v) is 24.8. The smallest absolute Gasteiger partial charge is 0.317 e. The van der Waals surface area contributed by atoms with E-state index in [9.17, 15) is 24.0 Å². The van der Waals surface area contributed by atoms with Crippen molar-refractivity contribution in [3.05, 3.63) is 60.2 Å². The first-order valence-electron chi connectivity index (χ1n) is 14.7. The number of rotatable bonds is 8. The number of hydrogen-bond acceptors (Lipinski definition) is 8. The van der Waals surface area contributed by atoms with Crippen LogP contribution in [0.4, 0.5) is 11.4 Å². The lowest BCUT2D eigenvalue weighted by Gasteiger charge is -2.58. The van der Waals surface area contributed by atoms with E-state index in [-0.39, 0.29) is 18.0 Å². The van der Waals surface area contributed by atoms with Crippen LogP contribution in [0.2, 0.25) is 0 Å². The van der Waals surface area contributed by atoms with Gasteiger partial charge in [-0.2, -0.15) is 0 Å². The van der Waals surface area contributed by atoms with Crippen LogP contribution in [0.15, 0.2) is 60.2 Å². The van der Waals surface area contributed by atoms with Crippen molar-refractivity contribution in [1.29, 1.82) is 0 Å². The first-order chi connectivity index (χ1) is 20.6. The topological polar surface area (TPSA) is 120 Å². The fourth-order valence-corrected chi connectivity index (χ4v) is 8.13. The van der Waals surface area contributed by atoms with E-state index in [4.69, 9.17) is 14.2 Å². The summed E-state index contributed by atoms with van der Waals surface area (Å²) >= 11 is 0. The number of ether oxygens (including phenoxy) is 3. The summed E-state index contributed by atoms with van der Waals surface area (Å²) in [5.41, 5.74) is -2.17. The highest BCUT2D eigenvalue weighted by atomic mass is 16.5. The van der Waals surface area contributed by atoms with Crippen LogP contribution < -0.4 is 19.3 Å². The molecule has 0 spiro atoms. The molecule has 2 aromatic rings. The van der Waals surface area contributed by atoms with E-state index in [0.717, 1.165) is 9.80 Å². The second kappa shape index (κ2) is 10.1. The van der Waals surface area contributed by atoms with Gasteiger partial charge in [-0.25, -0.2) is 9.80 Å². The third-order valence-electron chi connectivity index (χ3n) is 9.54. The number of imide groups is 2. The summed E-state index contributed by atoms with van der Waals surface area (Å²) in [4.78, 5) is 74.3. The molecule has 3 aliphatic carbocycles. The molecule has 43 heavy (non-hydrogen) atoms. The molecule has 4 unspecified atom stereocenters. The van der Waals surface area contributed by atoms with E-state index in [1.54, 1.807) is 89.2 Å². The van der Waals surface area contributed by atoms with Crippen LogP contribution in [0.3, 0.4) is 0 Å². The molecule has 2 aromatic carbocycles. The van der Waals surface area contributed by atoms with Crippen molar-refractivity contribution in [2.24, 2.45) is 34.5 Å². The maximum absolute atomic E-state index is 14.6. The summed E-state index contributed by atoms with van der Waals surface area (Å²) in [6.07, 6.45) is 1.75. The summed E-state index contributed by atoms with van der Waals surface area (Å²) in [6.45, 7) is 9.24. The first kappa shape index (κ1) is 28.6. The van der Waals surface area contributed by atoms with Crippen molar-refractivity contribution in [3.63, 3.8) is 0 Å². The number of hydrogen-bond donors (Lipinski definition) is 0. The molecule has 3 fully saturated rings. The minimum atomic E-state index is -1.87. The summed E-state index contributed by atoms with van der Waals surface area (Å²) in [6, 6.07) is 13.4. The van der Waals surface area contributed by atoms with Crippen LogP contribution in [0.25, 0.3) is 0 Å². The lowest BCUT2D eigenvalue weighted by Crippen LogP contribution is -2.66. The van der Waals surface area contributed by atoms with Crippen molar-refractivity contribution in [2.75, 3.05) is 29.6 Å². The van der Waals surface area contributed by atoms with Crippen LogP contribution >= 0.6 is 0 Å². The number of esters is 1. The minimum absolute atomic E-state index is 0.0159. The van der Waals surface area contributed by atoms with Crippen molar-refractivity contribution >= 4 is 41.0 Å². The van der Waals surface area contributed by atoms with Gasteiger partial charge in [0.2, 0.25) is 23.6 Å². The number of amides is 4. The fourth-order valence-electron chi connectivity index (χ4n) is 8.13. The highest BCUT2D eigenvalue weighted by Crippen LogP contribution is 2.71. The number of benzene rings is 2. The van der Waals surface area contributed by atoms with Crippen molar-refractivity contribution in [3.8, 4) is 11.5 Å². The van der Waals surface area contributed by atoms with Gasteiger partial charge in [0.05, 0.1) is 54.9 Å². The van der Waals surface area contributed by atoms with Gasteiger partial charge in [-0.05, 0) is 52.0 Å². The Labute approximate surface area is 249 Å². The van der Waals surface area contributed by atoms with Gasteiger partial charge in [0.1, 0.15) is 16.9 Å². The van der Waals surface area contributed by atoms with Crippen LogP contribution in [-0.4, -0.2) is 49.4 Å². The SMILES string of the molecule is CCOC(=O)C12C(C)=CC(C)(C3C(=O)N(c4ccccc4OCC)C(=O)C31)C1C(=O)N(c3ccccc3OCC)C(=O)C12. The van der Waals surface area contributed by atoms with Gasteiger partial charge >= 0.3 is 5.97 Å². The number of anilines is 2. The molecule has 5 aliphatic rings. The average molecular weight is 587 g/mol. The molecule has 224 valence electrons. The Kier molecular flexibility index (Phi) is 6.71. The zero-order valence-electron chi connectivity index (χ0n) is 24.8. The molecule has 4 atom stereocenters. The number of carbonyl (C=O) groups excluding carboxylic acids is 5. The van der Waals surface area contributed by atoms with Gasteiger partial charge < -0.3 is 14.2 Å². The Bertz CT molecular complexity index is 1500. The van der Waals surface area contributed by atoms with E-state index in [0.29, 0.717) is 30.3 Å². The third kappa shape index (κ3) is 3.55. The molecule has 2 bridgehead atoms. The van der Waals surface area contributed by atoms with Gasteiger partial charge in [0.15, 0.2) is 0 Å². The maximum atomic E-state index is 14.6. The molecule has 2 heterocycles. The molecule has 2 saturated heterocycles. The Hall–Kier alpha value is -4.47. The standard InChI is InChI=1S/C33H34N2O8/c1-6-41-21-15-11-9-13-19(21)34-27(36)23-25(29(34)38)33(31(40)43-8-3)18(4)17-32(23,5)24-26(33)30(39)35(28(24)37)20-14-10-12-16-22(20)42-7-2/h9-17,23-26H,6-8H2,1-5H3. The molecule has 4 amide bonds. The monoisotopic (exact) mass is 586 g/mol. The predicted molar refractivity (Wildman–Crippen MR) is 155 cm³/mol. The van der Waals surface area contributed by atoms with Crippen LogP contribution in [0.5, 0.6) is 11.5 Å². The van der Waals surface area contributed by atoms with Crippen molar-refractivity contribution in [1.82, 2.24) is 0 Å². The first-order valence-corrected chi connectivity index (χ1v) is 14.7. The minimum Gasteiger partial charge on any atom is -0.492 e. The lowest BCUT2D eigenvalue weighted by molar-refractivity contribution is -0.182. The molecule has 1 saturated carbocycles. The molecule has 0 radical (unpaired) electrons. The van der Waals surface area contributed by atoms with Crippen LogP contribution in [0.1, 0.15) is 34.6 Å². The second-order valence-corrected chi connectivity index (χ2v) is 11.5. The van der Waals surface area contributed by atoms with Gasteiger partial charge in [0.25, 0.3) is 0 Å². The number of para-hydroxylation sites is 4. The quantitative estimate of drug-likeness (QED) is 0.259. The number of nitrogens with zero attached hydrogens (tertiary/aromatic N) is 2. The van der Waals surface area contributed by atoms with Crippen LogP contribution in [0, 0.1) is 34.5 Å². The van der Waals surface area contributed by atoms with Gasteiger partial charge in [0, 0.05) is 5.41 Å². The van der Waals surface area contributed by atoms with E-state index in [2.05, 4.69) is 0 Å². The molecule has 2 aliphatic heterocycles. The molecule has 7 rings (SSSR count). The van der Waals surface area contributed by atoms with Gasteiger partial charge in [-0.1, -0.05) is 42.8 Å². The van der Waals surface area contributed by atoms with Crippen molar-refractivity contribution in [2.45, 2.75) is 34.6 Å². The maximum Gasteiger partial charge on any atom is 0.317 e. The Morgan fingerprint density at radius 2 is 1.12 bits per heavy atom. The fraction of sp³-hybridized carbons (Fsp3) is 0.424. The van der Waals surface area contributed by atoms with E-state index >= 15 is 0 Å². The molecule has 10 heteroatoms. The van der Waals surface area contributed by atoms with Crippen LogP contribution in [-0.2, 0) is 28.7 Å². The molecule has 0 N–H and O–H groups in total. The second-order valence-electron chi connectivity index (χ2n) is 11.5.